The fourth-order valence-corrected chi connectivity index (χ4v) is 3.88. The van der Waals surface area contributed by atoms with Crippen molar-refractivity contribution in [3.8, 4) is 22.8 Å². The number of ether oxygens (including phenoxy) is 2. The van der Waals surface area contributed by atoms with Crippen molar-refractivity contribution < 1.29 is 14.3 Å². The molecule has 0 saturated carbocycles. The minimum atomic E-state index is 0.0293. The summed E-state index contributed by atoms with van der Waals surface area (Å²) < 4.78 is 12.7. The molecule has 1 aromatic carbocycles. The normalized spacial score (nSPS) is 16.4. The standard InChI is InChI=1S/C19H24N4O3/c1-21-5-7-23(8-6-21)19(24)17-14-9-12-10-15(25-3)16(26-4)11-13(12)18(14)22(2)20-17/h10-11H,5-9H2,1-4H3. The number of nitrogens with zero attached hydrogens (tertiary/aromatic N) is 4. The van der Waals surface area contributed by atoms with Gasteiger partial charge in [-0.15, -0.1) is 0 Å². The lowest BCUT2D eigenvalue weighted by atomic mass is 10.1. The molecule has 1 amide bonds. The first-order valence-corrected chi connectivity index (χ1v) is 8.82. The van der Waals surface area contributed by atoms with Crippen molar-refractivity contribution in [2.45, 2.75) is 6.42 Å². The second kappa shape index (κ2) is 6.32. The van der Waals surface area contributed by atoms with Gasteiger partial charge in [0.2, 0.25) is 0 Å². The minimum Gasteiger partial charge on any atom is -0.493 e. The van der Waals surface area contributed by atoms with Gasteiger partial charge in [-0.1, -0.05) is 0 Å². The molecule has 1 fully saturated rings. The van der Waals surface area contributed by atoms with Crippen LogP contribution >= 0.6 is 0 Å². The van der Waals surface area contributed by atoms with E-state index in [0.717, 1.165) is 48.6 Å². The topological polar surface area (TPSA) is 59.8 Å². The molecule has 0 bridgehead atoms. The Labute approximate surface area is 153 Å². The van der Waals surface area contributed by atoms with Gasteiger partial charge < -0.3 is 19.3 Å². The summed E-state index contributed by atoms with van der Waals surface area (Å²) >= 11 is 0. The van der Waals surface area contributed by atoms with E-state index >= 15 is 0 Å². The van der Waals surface area contributed by atoms with E-state index in [4.69, 9.17) is 9.47 Å². The second-order valence-corrected chi connectivity index (χ2v) is 6.94. The Morgan fingerprint density at radius 1 is 1.04 bits per heavy atom. The molecule has 1 aromatic heterocycles. The van der Waals surface area contributed by atoms with E-state index in [1.54, 1.807) is 14.2 Å². The first-order chi connectivity index (χ1) is 12.5. The molecule has 2 aliphatic rings. The number of amides is 1. The molecule has 4 rings (SSSR count). The van der Waals surface area contributed by atoms with Crippen molar-refractivity contribution in [3.05, 3.63) is 29.0 Å². The summed E-state index contributed by atoms with van der Waals surface area (Å²) in [4.78, 5) is 17.2. The molecule has 2 aromatic rings. The lowest BCUT2D eigenvalue weighted by Crippen LogP contribution is -2.47. The average molecular weight is 356 g/mol. The van der Waals surface area contributed by atoms with Crippen LogP contribution in [0, 0.1) is 0 Å². The molecule has 7 nitrogen and oxygen atoms in total. The van der Waals surface area contributed by atoms with Gasteiger partial charge in [0.1, 0.15) is 0 Å². The average Bonchev–Trinajstić information content (AvgIpc) is 3.17. The third kappa shape index (κ3) is 2.54. The van der Waals surface area contributed by atoms with E-state index in [1.165, 1.54) is 0 Å². The summed E-state index contributed by atoms with van der Waals surface area (Å²) in [6, 6.07) is 3.98. The van der Waals surface area contributed by atoms with Crippen LogP contribution in [0.5, 0.6) is 11.5 Å². The van der Waals surface area contributed by atoms with E-state index < -0.39 is 0 Å². The zero-order valence-corrected chi connectivity index (χ0v) is 15.7. The molecule has 2 heterocycles. The van der Waals surface area contributed by atoms with Gasteiger partial charge in [0.15, 0.2) is 17.2 Å². The number of aryl methyl sites for hydroxylation is 1. The number of carbonyl (C=O) groups excluding carboxylic acids is 1. The summed E-state index contributed by atoms with van der Waals surface area (Å²) in [5, 5.41) is 4.56. The van der Waals surface area contributed by atoms with E-state index in [0.29, 0.717) is 23.6 Å². The molecule has 1 aliphatic heterocycles. The first kappa shape index (κ1) is 16.9. The van der Waals surface area contributed by atoms with Crippen LogP contribution in [0.15, 0.2) is 12.1 Å². The highest BCUT2D eigenvalue weighted by atomic mass is 16.5. The number of hydrogen-bond acceptors (Lipinski definition) is 5. The second-order valence-electron chi connectivity index (χ2n) is 6.94. The maximum Gasteiger partial charge on any atom is 0.274 e. The lowest BCUT2D eigenvalue weighted by molar-refractivity contribution is 0.0656. The van der Waals surface area contributed by atoms with Gasteiger partial charge in [-0.05, 0) is 24.7 Å². The summed E-state index contributed by atoms with van der Waals surface area (Å²) in [5.41, 5.74) is 4.77. The highest BCUT2D eigenvalue weighted by Gasteiger charge is 2.33. The Bertz CT molecular complexity index is 866. The molecule has 7 heteroatoms. The number of rotatable bonds is 3. The maximum atomic E-state index is 13.1. The van der Waals surface area contributed by atoms with Crippen molar-refractivity contribution >= 4 is 5.91 Å². The van der Waals surface area contributed by atoms with Crippen LogP contribution in [0.25, 0.3) is 11.3 Å². The summed E-state index contributed by atoms with van der Waals surface area (Å²) in [5.74, 6) is 1.42. The largest absolute Gasteiger partial charge is 0.493 e. The van der Waals surface area contributed by atoms with Gasteiger partial charge in [-0.25, -0.2) is 0 Å². The molecule has 0 radical (unpaired) electrons. The van der Waals surface area contributed by atoms with Crippen LogP contribution in [0.3, 0.4) is 0 Å². The third-order valence-corrected chi connectivity index (χ3v) is 5.37. The van der Waals surface area contributed by atoms with E-state index in [-0.39, 0.29) is 5.91 Å². The monoisotopic (exact) mass is 356 g/mol. The number of hydrogen-bond donors (Lipinski definition) is 0. The third-order valence-electron chi connectivity index (χ3n) is 5.37. The lowest BCUT2D eigenvalue weighted by Gasteiger charge is -2.32. The number of methoxy groups -OCH3 is 2. The Morgan fingerprint density at radius 3 is 2.35 bits per heavy atom. The van der Waals surface area contributed by atoms with Crippen LogP contribution in [-0.4, -0.2) is 72.9 Å². The van der Waals surface area contributed by atoms with Crippen LogP contribution in [0.4, 0.5) is 0 Å². The number of carbonyl (C=O) groups is 1. The maximum absolute atomic E-state index is 13.1. The Hall–Kier alpha value is -2.54. The zero-order chi connectivity index (χ0) is 18.4. The van der Waals surface area contributed by atoms with Crippen molar-refractivity contribution in [2.24, 2.45) is 7.05 Å². The Morgan fingerprint density at radius 2 is 1.69 bits per heavy atom. The molecule has 1 aliphatic carbocycles. The van der Waals surface area contributed by atoms with Gasteiger partial charge in [-0.2, -0.15) is 5.10 Å². The fourth-order valence-electron chi connectivity index (χ4n) is 3.88. The smallest absolute Gasteiger partial charge is 0.274 e. The predicted octanol–water partition coefficient (Wildman–Crippen LogP) is 1.40. The first-order valence-electron chi connectivity index (χ1n) is 8.82. The van der Waals surface area contributed by atoms with Gasteiger partial charge in [-0.3, -0.25) is 9.48 Å². The van der Waals surface area contributed by atoms with Gasteiger partial charge in [0.25, 0.3) is 5.91 Å². The molecular formula is C19H24N4O3. The van der Waals surface area contributed by atoms with Crippen LogP contribution in [0.2, 0.25) is 0 Å². The minimum absolute atomic E-state index is 0.0293. The highest BCUT2D eigenvalue weighted by Crippen LogP contribution is 2.43. The molecule has 1 saturated heterocycles. The SMILES string of the molecule is COc1cc2c(cc1OC)-c1c(c(C(=O)N3CCN(C)CC3)nn1C)C2. The summed E-state index contributed by atoms with van der Waals surface area (Å²) in [6.07, 6.45) is 0.688. The van der Waals surface area contributed by atoms with Crippen molar-refractivity contribution in [1.82, 2.24) is 19.6 Å². The number of aromatic nitrogens is 2. The van der Waals surface area contributed by atoms with Crippen molar-refractivity contribution in [1.29, 1.82) is 0 Å². The Kier molecular flexibility index (Phi) is 4.11. The molecule has 138 valence electrons. The molecule has 26 heavy (non-hydrogen) atoms. The molecule has 0 atom stereocenters. The molecular weight excluding hydrogens is 332 g/mol. The van der Waals surface area contributed by atoms with E-state index in [1.807, 2.05) is 28.8 Å². The molecule has 0 spiro atoms. The van der Waals surface area contributed by atoms with Crippen LogP contribution in [-0.2, 0) is 13.5 Å². The quantitative estimate of drug-likeness (QED) is 0.710. The van der Waals surface area contributed by atoms with Gasteiger partial charge >= 0.3 is 0 Å². The zero-order valence-electron chi connectivity index (χ0n) is 15.7. The van der Waals surface area contributed by atoms with Crippen LogP contribution in [0.1, 0.15) is 21.6 Å². The molecule has 0 unspecified atom stereocenters. The number of fused-ring (bicyclic) bond motifs is 3. The summed E-state index contributed by atoms with van der Waals surface area (Å²) in [6.45, 7) is 3.29. The molecule has 0 N–H and O–H groups in total. The van der Waals surface area contributed by atoms with E-state index in [2.05, 4.69) is 17.0 Å². The summed E-state index contributed by atoms with van der Waals surface area (Å²) in [7, 11) is 7.24. The predicted molar refractivity (Wildman–Crippen MR) is 98.0 cm³/mol. The Balaban J connectivity index is 1.71. The van der Waals surface area contributed by atoms with Crippen LogP contribution < -0.4 is 9.47 Å². The van der Waals surface area contributed by atoms with Gasteiger partial charge in [0.05, 0.1) is 19.9 Å². The number of likely N-dealkylation sites (N-methyl/N-ethyl adjacent to an activating group) is 1. The highest BCUT2D eigenvalue weighted by molar-refractivity contribution is 5.97. The van der Waals surface area contributed by atoms with Crippen molar-refractivity contribution in [3.63, 3.8) is 0 Å². The van der Waals surface area contributed by atoms with Gasteiger partial charge in [0, 0.05) is 50.8 Å². The van der Waals surface area contributed by atoms with Crippen molar-refractivity contribution in [2.75, 3.05) is 47.4 Å². The fraction of sp³-hybridized carbons (Fsp3) is 0.474. The number of piperazine rings is 1. The van der Waals surface area contributed by atoms with E-state index in [9.17, 15) is 4.79 Å². The number of benzene rings is 1.